The van der Waals surface area contributed by atoms with Crippen LogP contribution in [0.1, 0.15) is 45.6 Å². The molecule has 21 heavy (non-hydrogen) atoms. The summed E-state index contributed by atoms with van der Waals surface area (Å²) in [6.45, 7) is 7.24. The summed E-state index contributed by atoms with van der Waals surface area (Å²) in [7, 11) is 0. The van der Waals surface area contributed by atoms with Gasteiger partial charge in [0.15, 0.2) is 0 Å². The molecule has 0 heterocycles. The lowest BCUT2D eigenvalue weighted by Crippen LogP contribution is -2.47. The molecule has 1 aliphatic rings. The van der Waals surface area contributed by atoms with Gasteiger partial charge in [-0.25, -0.2) is 4.39 Å². The van der Waals surface area contributed by atoms with E-state index in [1.807, 2.05) is 13.8 Å². The van der Waals surface area contributed by atoms with Gasteiger partial charge in [0.1, 0.15) is 5.82 Å². The van der Waals surface area contributed by atoms with Crippen molar-refractivity contribution in [1.82, 2.24) is 10.2 Å². The first-order valence-corrected chi connectivity index (χ1v) is 7.69. The van der Waals surface area contributed by atoms with E-state index in [-0.39, 0.29) is 17.3 Å². The zero-order chi connectivity index (χ0) is 15.5. The molecule has 0 saturated heterocycles. The third kappa shape index (κ3) is 5.12. The van der Waals surface area contributed by atoms with Gasteiger partial charge in [-0.05, 0) is 50.8 Å². The Morgan fingerprint density at radius 3 is 2.48 bits per heavy atom. The van der Waals surface area contributed by atoms with Crippen LogP contribution in [0.2, 0.25) is 0 Å². The largest absolute Gasteiger partial charge is 0.350 e. The normalized spacial score (nSPS) is 15.3. The maximum atomic E-state index is 13.0. The van der Waals surface area contributed by atoms with Gasteiger partial charge < -0.3 is 5.32 Å². The molecule has 1 fully saturated rings. The summed E-state index contributed by atoms with van der Waals surface area (Å²) < 4.78 is 13.0. The smallest absolute Gasteiger partial charge is 0.234 e. The number of halogens is 1. The van der Waals surface area contributed by atoms with E-state index in [9.17, 15) is 9.18 Å². The standard InChI is InChI=1S/C17H25FN2O/c1-4-17(2,3)19-16(21)12-20(15-9-10-15)11-13-5-7-14(18)8-6-13/h5-8,15H,4,9-12H2,1-3H3,(H,19,21). The van der Waals surface area contributed by atoms with E-state index in [2.05, 4.69) is 17.1 Å². The molecule has 1 aromatic carbocycles. The van der Waals surface area contributed by atoms with Crippen LogP contribution in [-0.4, -0.2) is 28.9 Å². The first kappa shape index (κ1) is 16.0. The zero-order valence-electron chi connectivity index (χ0n) is 13.2. The van der Waals surface area contributed by atoms with Gasteiger partial charge in [-0.3, -0.25) is 9.69 Å². The number of amides is 1. The summed E-state index contributed by atoms with van der Waals surface area (Å²) in [5.74, 6) is -0.157. The lowest BCUT2D eigenvalue weighted by Gasteiger charge is -2.27. The highest BCUT2D eigenvalue weighted by Gasteiger charge is 2.31. The zero-order valence-corrected chi connectivity index (χ0v) is 13.2. The number of carbonyl (C=O) groups is 1. The Bertz CT molecular complexity index is 480. The predicted octanol–water partition coefficient (Wildman–Crippen LogP) is 3.09. The third-order valence-corrected chi connectivity index (χ3v) is 4.07. The number of hydrogen-bond donors (Lipinski definition) is 1. The monoisotopic (exact) mass is 292 g/mol. The highest BCUT2D eigenvalue weighted by atomic mass is 19.1. The second kappa shape index (κ2) is 6.56. The molecule has 1 aliphatic carbocycles. The quantitative estimate of drug-likeness (QED) is 0.837. The van der Waals surface area contributed by atoms with E-state index in [0.717, 1.165) is 24.8 Å². The molecule has 1 amide bonds. The topological polar surface area (TPSA) is 32.3 Å². The molecule has 3 nitrogen and oxygen atoms in total. The van der Waals surface area contributed by atoms with E-state index < -0.39 is 0 Å². The van der Waals surface area contributed by atoms with Crippen LogP contribution in [0.3, 0.4) is 0 Å². The Balaban J connectivity index is 1.93. The molecule has 0 unspecified atom stereocenters. The van der Waals surface area contributed by atoms with Gasteiger partial charge in [0.25, 0.3) is 0 Å². The summed E-state index contributed by atoms with van der Waals surface area (Å²) in [4.78, 5) is 14.4. The average Bonchev–Trinajstić information content (AvgIpc) is 3.24. The number of benzene rings is 1. The van der Waals surface area contributed by atoms with Crippen LogP contribution >= 0.6 is 0 Å². The van der Waals surface area contributed by atoms with Crippen LogP contribution in [0.5, 0.6) is 0 Å². The molecule has 4 heteroatoms. The molecular weight excluding hydrogens is 267 g/mol. The van der Waals surface area contributed by atoms with E-state index in [1.54, 1.807) is 12.1 Å². The lowest BCUT2D eigenvalue weighted by atomic mass is 10.0. The number of hydrogen-bond acceptors (Lipinski definition) is 2. The highest BCUT2D eigenvalue weighted by molar-refractivity contribution is 5.78. The predicted molar refractivity (Wildman–Crippen MR) is 82.3 cm³/mol. The number of rotatable bonds is 7. The van der Waals surface area contributed by atoms with Gasteiger partial charge in [0, 0.05) is 18.1 Å². The molecule has 116 valence electrons. The van der Waals surface area contributed by atoms with Crippen molar-refractivity contribution < 1.29 is 9.18 Å². The van der Waals surface area contributed by atoms with Gasteiger partial charge >= 0.3 is 0 Å². The molecule has 0 spiro atoms. The van der Waals surface area contributed by atoms with Crippen molar-refractivity contribution >= 4 is 5.91 Å². The van der Waals surface area contributed by atoms with Crippen molar-refractivity contribution in [3.8, 4) is 0 Å². The molecule has 0 aliphatic heterocycles. The minimum atomic E-state index is -0.223. The fourth-order valence-electron chi connectivity index (χ4n) is 2.27. The maximum absolute atomic E-state index is 13.0. The molecule has 2 rings (SSSR count). The molecule has 0 atom stereocenters. The van der Waals surface area contributed by atoms with E-state index in [4.69, 9.17) is 0 Å². The van der Waals surface area contributed by atoms with E-state index in [0.29, 0.717) is 19.1 Å². The summed E-state index contributed by atoms with van der Waals surface area (Å²) >= 11 is 0. The molecule has 1 saturated carbocycles. The Labute approximate surface area is 126 Å². The second-order valence-electron chi connectivity index (χ2n) is 6.55. The van der Waals surface area contributed by atoms with Gasteiger partial charge in [-0.15, -0.1) is 0 Å². The van der Waals surface area contributed by atoms with Crippen molar-refractivity contribution in [2.45, 2.75) is 58.2 Å². The Morgan fingerprint density at radius 1 is 1.33 bits per heavy atom. The van der Waals surface area contributed by atoms with Gasteiger partial charge in [-0.1, -0.05) is 19.1 Å². The summed E-state index contributed by atoms with van der Waals surface area (Å²) in [6.07, 6.45) is 3.19. The van der Waals surface area contributed by atoms with Crippen LogP contribution in [0.15, 0.2) is 24.3 Å². The minimum Gasteiger partial charge on any atom is -0.350 e. The van der Waals surface area contributed by atoms with Crippen molar-refractivity contribution in [2.75, 3.05) is 6.54 Å². The Hall–Kier alpha value is -1.42. The fourth-order valence-corrected chi connectivity index (χ4v) is 2.27. The van der Waals surface area contributed by atoms with Crippen LogP contribution in [-0.2, 0) is 11.3 Å². The third-order valence-electron chi connectivity index (χ3n) is 4.07. The fraction of sp³-hybridized carbons (Fsp3) is 0.588. The molecule has 1 N–H and O–H groups in total. The Morgan fingerprint density at radius 2 is 1.95 bits per heavy atom. The lowest BCUT2D eigenvalue weighted by molar-refractivity contribution is -0.124. The summed E-state index contributed by atoms with van der Waals surface area (Å²) in [5.41, 5.74) is 0.883. The number of nitrogens with one attached hydrogen (secondary N) is 1. The average molecular weight is 292 g/mol. The first-order chi connectivity index (χ1) is 9.89. The van der Waals surface area contributed by atoms with Gasteiger partial charge in [-0.2, -0.15) is 0 Å². The molecular formula is C17H25FN2O. The molecule has 0 radical (unpaired) electrons. The van der Waals surface area contributed by atoms with Crippen LogP contribution in [0.4, 0.5) is 4.39 Å². The van der Waals surface area contributed by atoms with E-state index >= 15 is 0 Å². The van der Waals surface area contributed by atoms with Crippen molar-refractivity contribution in [3.05, 3.63) is 35.6 Å². The van der Waals surface area contributed by atoms with Crippen molar-refractivity contribution in [1.29, 1.82) is 0 Å². The number of carbonyl (C=O) groups excluding carboxylic acids is 1. The summed E-state index contributed by atoms with van der Waals surface area (Å²) in [6, 6.07) is 7.02. The maximum Gasteiger partial charge on any atom is 0.234 e. The highest BCUT2D eigenvalue weighted by Crippen LogP contribution is 2.28. The number of nitrogens with zero attached hydrogens (tertiary/aromatic N) is 1. The van der Waals surface area contributed by atoms with E-state index in [1.165, 1.54) is 12.1 Å². The van der Waals surface area contributed by atoms with Crippen LogP contribution < -0.4 is 5.32 Å². The minimum absolute atomic E-state index is 0.0656. The van der Waals surface area contributed by atoms with Crippen molar-refractivity contribution in [2.24, 2.45) is 0 Å². The SMILES string of the molecule is CCC(C)(C)NC(=O)CN(Cc1ccc(F)cc1)C1CC1. The van der Waals surface area contributed by atoms with Crippen LogP contribution in [0.25, 0.3) is 0 Å². The van der Waals surface area contributed by atoms with Crippen molar-refractivity contribution in [3.63, 3.8) is 0 Å². The van der Waals surface area contributed by atoms with Crippen LogP contribution in [0, 0.1) is 5.82 Å². The van der Waals surface area contributed by atoms with Gasteiger partial charge in [0.05, 0.1) is 6.54 Å². The molecule has 0 bridgehead atoms. The second-order valence-corrected chi connectivity index (χ2v) is 6.55. The summed E-state index contributed by atoms with van der Waals surface area (Å²) in [5, 5.41) is 3.07. The molecule has 1 aromatic rings. The van der Waals surface area contributed by atoms with Gasteiger partial charge in [0.2, 0.25) is 5.91 Å². The first-order valence-electron chi connectivity index (χ1n) is 7.69. The molecule has 0 aromatic heterocycles. The Kier molecular flexibility index (Phi) is 4.99.